The van der Waals surface area contributed by atoms with Crippen molar-refractivity contribution in [1.82, 2.24) is 4.98 Å². The number of hydrogen-bond acceptors (Lipinski definition) is 5. The van der Waals surface area contributed by atoms with Crippen molar-refractivity contribution in [2.75, 3.05) is 6.61 Å². The van der Waals surface area contributed by atoms with Crippen molar-refractivity contribution < 1.29 is 17.3 Å². The third-order valence-electron chi connectivity index (χ3n) is 3.27. The van der Waals surface area contributed by atoms with E-state index in [4.69, 9.17) is 8.92 Å². The molecule has 0 spiro atoms. The van der Waals surface area contributed by atoms with Gasteiger partial charge in [0, 0.05) is 16.1 Å². The van der Waals surface area contributed by atoms with Crippen molar-refractivity contribution in [2.45, 2.75) is 11.8 Å². The molecule has 3 rings (SSSR count). The van der Waals surface area contributed by atoms with E-state index in [0.717, 1.165) is 5.39 Å². The van der Waals surface area contributed by atoms with E-state index in [1.54, 1.807) is 43.5 Å². The van der Waals surface area contributed by atoms with Crippen LogP contribution in [0.3, 0.4) is 0 Å². The fourth-order valence-corrected chi connectivity index (χ4v) is 3.88. The van der Waals surface area contributed by atoms with Gasteiger partial charge in [0.2, 0.25) is 0 Å². The van der Waals surface area contributed by atoms with Crippen LogP contribution in [0.25, 0.3) is 10.9 Å². The number of para-hydroxylation sites is 1. The number of pyridine rings is 1. The van der Waals surface area contributed by atoms with E-state index < -0.39 is 10.1 Å². The molecule has 2 aromatic carbocycles. The number of ether oxygens (including phenoxy) is 1. The number of rotatable bonds is 5. The van der Waals surface area contributed by atoms with E-state index in [1.165, 1.54) is 6.07 Å². The Kier molecular flexibility index (Phi) is 4.73. The van der Waals surface area contributed by atoms with Crippen molar-refractivity contribution in [3.8, 4) is 11.5 Å². The molecule has 7 heteroatoms. The Morgan fingerprint density at radius 3 is 2.67 bits per heavy atom. The van der Waals surface area contributed by atoms with Crippen LogP contribution in [0, 0.1) is 0 Å². The number of benzene rings is 2. The summed E-state index contributed by atoms with van der Waals surface area (Å²) in [7, 11) is -4.08. The lowest BCUT2D eigenvalue weighted by Gasteiger charge is -2.13. The van der Waals surface area contributed by atoms with Gasteiger partial charge in [-0.15, -0.1) is 0 Å². The van der Waals surface area contributed by atoms with Crippen molar-refractivity contribution in [3.63, 3.8) is 0 Å². The monoisotopic (exact) mass is 407 g/mol. The highest BCUT2D eigenvalue weighted by atomic mass is 79.9. The van der Waals surface area contributed by atoms with Crippen molar-refractivity contribution >= 4 is 37.0 Å². The van der Waals surface area contributed by atoms with E-state index in [0.29, 0.717) is 16.6 Å². The minimum absolute atomic E-state index is 0.0355. The minimum atomic E-state index is -4.08. The van der Waals surface area contributed by atoms with E-state index >= 15 is 0 Å². The normalized spacial score (nSPS) is 11.4. The summed E-state index contributed by atoms with van der Waals surface area (Å²) in [6, 6.07) is 13.5. The third-order valence-corrected chi connectivity index (χ3v) is 5.02. The highest BCUT2D eigenvalue weighted by Gasteiger charge is 2.23. The quantitative estimate of drug-likeness (QED) is 0.593. The van der Waals surface area contributed by atoms with Gasteiger partial charge in [-0.05, 0) is 37.3 Å². The topological polar surface area (TPSA) is 65.5 Å². The van der Waals surface area contributed by atoms with Crippen LogP contribution in [0.1, 0.15) is 6.92 Å². The maximum absolute atomic E-state index is 12.7. The SMILES string of the molecule is CCOc1ccc(Br)cc1S(=O)(=O)Oc1cccc2cccnc12. The zero-order chi connectivity index (χ0) is 17.2. The first-order valence-electron chi connectivity index (χ1n) is 7.22. The number of fused-ring (bicyclic) bond motifs is 1. The van der Waals surface area contributed by atoms with E-state index in [2.05, 4.69) is 20.9 Å². The third kappa shape index (κ3) is 3.37. The smallest absolute Gasteiger partial charge is 0.343 e. The summed E-state index contributed by atoms with van der Waals surface area (Å²) in [6.45, 7) is 2.13. The van der Waals surface area contributed by atoms with E-state index in [1.807, 2.05) is 12.1 Å². The Hall–Kier alpha value is -2.12. The molecule has 1 aromatic heterocycles. The molecule has 5 nitrogen and oxygen atoms in total. The molecule has 1 heterocycles. The molecule has 0 unspecified atom stereocenters. The summed E-state index contributed by atoms with van der Waals surface area (Å²) in [5, 5.41) is 0.796. The van der Waals surface area contributed by atoms with Gasteiger partial charge in [0.1, 0.15) is 16.2 Å². The first-order valence-corrected chi connectivity index (χ1v) is 9.42. The average molecular weight is 408 g/mol. The van der Waals surface area contributed by atoms with Crippen LogP contribution in [0.4, 0.5) is 0 Å². The Labute approximate surface area is 148 Å². The summed E-state index contributed by atoms with van der Waals surface area (Å²) >= 11 is 3.28. The van der Waals surface area contributed by atoms with Gasteiger partial charge < -0.3 is 8.92 Å². The molecule has 0 fully saturated rings. The first kappa shape index (κ1) is 16.7. The summed E-state index contributed by atoms with van der Waals surface area (Å²) < 4.78 is 36.9. The first-order chi connectivity index (χ1) is 11.5. The maximum atomic E-state index is 12.7. The summed E-state index contributed by atoms with van der Waals surface area (Å²) in [5.74, 6) is 0.421. The number of aromatic nitrogens is 1. The lowest BCUT2D eigenvalue weighted by Crippen LogP contribution is -2.12. The second-order valence-electron chi connectivity index (χ2n) is 4.89. The molecule has 124 valence electrons. The molecule has 0 N–H and O–H groups in total. The van der Waals surface area contributed by atoms with E-state index in [-0.39, 0.29) is 16.4 Å². The van der Waals surface area contributed by atoms with Gasteiger partial charge in [0.05, 0.1) is 6.61 Å². The molecule has 0 amide bonds. The molecule has 0 radical (unpaired) electrons. The lowest BCUT2D eigenvalue weighted by atomic mass is 10.2. The van der Waals surface area contributed by atoms with Crippen LogP contribution in [0.5, 0.6) is 11.5 Å². The number of hydrogen-bond donors (Lipinski definition) is 0. The molecule has 3 aromatic rings. The largest absolute Gasteiger partial charge is 0.492 e. The second-order valence-corrected chi connectivity index (χ2v) is 7.32. The predicted molar refractivity (Wildman–Crippen MR) is 94.9 cm³/mol. The Balaban J connectivity index is 2.07. The number of nitrogens with zero attached hydrogens (tertiary/aromatic N) is 1. The molecule has 0 aliphatic rings. The van der Waals surface area contributed by atoms with Gasteiger partial charge in [-0.1, -0.05) is 34.1 Å². The van der Waals surface area contributed by atoms with Gasteiger partial charge in [-0.2, -0.15) is 8.42 Å². The van der Waals surface area contributed by atoms with Crippen LogP contribution >= 0.6 is 15.9 Å². The zero-order valence-electron chi connectivity index (χ0n) is 12.8. The average Bonchev–Trinajstić information content (AvgIpc) is 2.57. The van der Waals surface area contributed by atoms with Gasteiger partial charge in [0.15, 0.2) is 5.75 Å². The second kappa shape index (κ2) is 6.78. The molecule has 0 saturated carbocycles. The Morgan fingerprint density at radius 1 is 1.08 bits per heavy atom. The predicted octanol–water partition coefficient (Wildman–Crippen LogP) is 4.16. The summed E-state index contributed by atoms with van der Waals surface area (Å²) in [5.41, 5.74) is 0.483. The molecule has 0 saturated heterocycles. The van der Waals surface area contributed by atoms with E-state index in [9.17, 15) is 8.42 Å². The van der Waals surface area contributed by atoms with Crippen LogP contribution in [0.2, 0.25) is 0 Å². The highest BCUT2D eigenvalue weighted by molar-refractivity contribution is 9.10. The Morgan fingerprint density at radius 2 is 1.88 bits per heavy atom. The Bertz CT molecular complexity index is 984. The van der Waals surface area contributed by atoms with Crippen molar-refractivity contribution in [1.29, 1.82) is 0 Å². The molecule has 0 aliphatic carbocycles. The van der Waals surface area contributed by atoms with Crippen molar-refractivity contribution in [2.24, 2.45) is 0 Å². The van der Waals surface area contributed by atoms with Gasteiger partial charge in [-0.25, -0.2) is 0 Å². The van der Waals surface area contributed by atoms with Crippen molar-refractivity contribution in [3.05, 3.63) is 59.2 Å². The molecule has 0 aliphatic heterocycles. The molecule has 0 bridgehead atoms. The maximum Gasteiger partial charge on any atom is 0.343 e. The fourth-order valence-electron chi connectivity index (χ4n) is 2.26. The van der Waals surface area contributed by atoms with Crippen LogP contribution in [-0.2, 0) is 10.1 Å². The van der Waals surface area contributed by atoms with Gasteiger partial charge in [0.25, 0.3) is 0 Å². The standard InChI is InChI=1S/C17H14BrNO4S/c1-2-22-14-9-8-13(18)11-16(14)24(20,21)23-15-7-3-5-12-6-4-10-19-17(12)15/h3-11H,2H2,1H3. The number of halogens is 1. The molecular formula is C17H14BrNO4S. The summed E-state index contributed by atoms with van der Waals surface area (Å²) in [6.07, 6.45) is 1.59. The van der Waals surface area contributed by atoms with Gasteiger partial charge in [-0.3, -0.25) is 4.98 Å². The van der Waals surface area contributed by atoms with Crippen LogP contribution in [-0.4, -0.2) is 20.0 Å². The lowest BCUT2D eigenvalue weighted by molar-refractivity contribution is 0.329. The molecule has 24 heavy (non-hydrogen) atoms. The zero-order valence-corrected chi connectivity index (χ0v) is 15.2. The van der Waals surface area contributed by atoms with Crippen LogP contribution < -0.4 is 8.92 Å². The molecular weight excluding hydrogens is 394 g/mol. The highest BCUT2D eigenvalue weighted by Crippen LogP contribution is 2.32. The van der Waals surface area contributed by atoms with Gasteiger partial charge >= 0.3 is 10.1 Å². The fraction of sp³-hybridized carbons (Fsp3) is 0.118. The minimum Gasteiger partial charge on any atom is -0.492 e. The van der Waals surface area contributed by atoms with Crippen LogP contribution in [0.15, 0.2) is 64.1 Å². The summed E-state index contributed by atoms with van der Waals surface area (Å²) in [4.78, 5) is 4.17. The molecule has 0 atom stereocenters.